The van der Waals surface area contributed by atoms with Gasteiger partial charge in [-0.15, -0.1) is 0 Å². The van der Waals surface area contributed by atoms with Crippen molar-refractivity contribution in [1.82, 2.24) is 14.2 Å². The Labute approximate surface area is 174 Å². The number of amides is 1. The number of aromatic nitrogens is 1. The molecule has 9 heteroatoms. The maximum absolute atomic E-state index is 13.1. The zero-order chi connectivity index (χ0) is 21.3. The number of nitrogens with one attached hydrogen (secondary N) is 1. The summed E-state index contributed by atoms with van der Waals surface area (Å²) >= 11 is 0. The Morgan fingerprint density at radius 1 is 1.20 bits per heavy atom. The first-order valence-electron chi connectivity index (χ1n) is 9.77. The number of aryl methyl sites for hydroxylation is 1. The van der Waals surface area contributed by atoms with Crippen molar-refractivity contribution in [3.63, 3.8) is 0 Å². The van der Waals surface area contributed by atoms with Crippen molar-refractivity contribution >= 4 is 27.0 Å². The summed E-state index contributed by atoms with van der Waals surface area (Å²) in [6.45, 7) is 0.883. The van der Waals surface area contributed by atoms with Crippen LogP contribution in [0.4, 0.5) is 0 Å². The van der Waals surface area contributed by atoms with E-state index >= 15 is 0 Å². The predicted molar refractivity (Wildman–Crippen MR) is 111 cm³/mol. The van der Waals surface area contributed by atoms with Crippen molar-refractivity contribution < 1.29 is 17.6 Å². The third kappa shape index (κ3) is 3.90. The van der Waals surface area contributed by atoms with Crippen molar-refractivity contribution in [2.24, 2.45) is 13.0 Å². The Bertz CT molecular complexity index is 1230. The largest absolute Gasteiger partial charge is 0.419 e. The van der Waals surface area contributed by atoms with E-state index in [1.54, 1.807) is 13.1 Å². The molecule has 1 N–H and O–H groups in total. The Morgan fingerprint density at radius 3 is 2.73 bits per heavy atom. The van der Waals surface area contributed by atoms with Crippen LogP contribution in [0.2, 0.25) is 0 Å². The average Bonchev–Trinajstić information content (AvgIpc) is 3.06. The van der Waals surface area contributed by atoms with Crippen molar-refractivity contribution in [2.45, 2.75) is 24.3 Å². The number of rotatable bonds is 5. The molecule has 1 aromatic heterocycles. The first-order valence-corrected chi connectivity index (χ1v) is 11.2. The van der Waals surface area contributed by atoms with Crippen molar-refractivity contribution in [1.29, 1.82) is 0 Å². The fourth-order valence-electron chi connectivity index (χ4n) is 3.73. The number of sulfonamides is 1. The topological polar surface area (TPSA) is 102 Å². The fourth-order valence-corrected chi connectivity index (χ4v) is 5.27. The number of carbonyl (C=O) groups excluding carboxylic acids is 1. The second-order valence-corrected chi connectivity index (χ2v) is 9.40. The summed E-state index contributed by atoms with van der Waals surface area (Å²) < 4.78 is 34.0. The highest BCUT2D eigenvalue weighted by Gasteiger charge is 2.33. The summed E-state index contributed by atoms with van der Waals surface area (Å²) in [6.07, 6.45) is 1.24. The highest BCUT2D eigenvalue weighted by molar-refractivity contribution is 7.89. The molecule has 3 aromatic rings. The van der Waals surface area contributed by atoms with E-state index in [0.717, 1.165) is 5.56 Å². The quantitative estimate of drug-likeness (QED) is 0.667. The van der Waals surface area contributed by atoms with Crippen molar-refractivity contribution in [3.05, 3.63) is 64.6 Å². The molecule has 0 spiro atoms. The molecular weight excluding hydrogens is 406 g/mol. The van der Waals surface area contributed by atoms with E-state index in [0.29, 0.717) is 31.4 Å². The van der Waals surface area contributed by atoms with E-state index in [1.165, 1.54) is 21.0 Å². The number of benzene rings is 2. The average molecular weight is 429 g/mol. The minimum Gasteiger partial charge on any atom is -0.408 e. The van der Waals surface area contributed by atoms with Crippen LogP contribution in [0.25, 0.3) is 11.1 Å². The number of hydrogen-bond acceptors (Lipinski definition) is 5. The summed E-state index contributed by atoms with van der Waals surface area (Å²) in [6, 6.07) is 14.0. The number of piperidine rings is 1. The molecule has 0 aliphatic carbocycles. The molecule has 158 valence electrons. The minimum atomic E-state index is -3.81. The van der Waals surface area contributed by atoms with Crippen molar-refractivity contribution in [3.8, 4) is 0 Å². The molecule has 1 amide bonds. The van der Waals surface area contributed by atoms with Gasteiger partial charge >= 0.3 is 5.76 Å². The van der Waals surface area contributed by atoms with Gasteiger partial charge in [-0.05, 0) is 30.5 Å². The lowest BCUT2D eigenvalue weighted by Crippen LogP contribution is -2.45. The summed E-state index contributed by atoms with van der Waals surface area (Å²) in [5, 5.41) is 2.90. The van der Waals surface area contributed by atoms with Gasteiger partial charge in [-0.2, -0.15) is 4.31 Å². The Balaban J connectivity index is 1.49. The molecule has 2 aromatic carbocycles. The highest BCUT2D eigenvalue weighted by atomic mass is 32.2. The standard InChI is InChI=1S/C21H23N3O5S/c1-23-18-10-9-17(12-19(18)29-21(23)26)30(27,28)24-11-5-8-16(14-24)20(25)22-13-15-6-3-2-4-7-15/h2-4,6-7,9-10,12,16H,5,8,11,13-14H2,1H3,(H,22,25)/t16-/m0/s1. The lowest BCUT2D eigenvalue weighted by atomic mass is 9.99. The normalized spacial score (nSPS) is 17.8. The van der Waals surface area contributed by atoms with Crippen LogP contribution >= 0.6 is 0 Å². The molecule has 4 rings (SSSR count). The van der Waals surface area contributed by atoms with Crippen molar-refractivity contribution in [2.75, 3.05) is 13.1 Å². The molecule has 8 nitrogen and oxygen atoms in total. The zero-order valence-electron chi connectivity index (χ0n) is 16.6. The second-order valence-electron chi connectivity index (χ2n) is 7.46. The van der Waals surface area contributed by atoms with Gasteiger partial charge in [-0.3, -0.25) is 9.36 Å². The molecule has 30 heavy (non-hydrogen) atoms. The molecule has 0 radical (unpaired) electrons. The van der Waals surface area contributed by atoms with Gasteiger partial charge in [0.2, 0.25) is 15.9 Å². The second kappa shape index (κ2) is 8.08. The Morgan fingerprint density at radius 2 is 1.97 bits per heavy atom. The first kappa shape index (κ1) is 20.4. The number of fused-ring (bicyclic) bond motifs is 1. The van der Waals surface area contributed by atoms with E-state index in [-0.39, 0.29) is 22.9 Å². The van der Waals surface area contributed by atoms with Crippen LogP contribution < -0.4 is 11.1 Å². The van der Waals surface area contributed by atoms with Crippen LogP contribution in [0.5, 0.6) is 0 Å². The molecule has 1 saturated heterocycles. The molecule has 1 atom stereocenters. The molecule has 1 fully saturated rings. The maximum Gasteiger partial charge on any atom is 0.419 e. The van der Waals surface area contributed by atoms with E-state index in [2.05, 4.69) is 5.32 Å². The van der Waals surface area contributed by atoms with Gasteiger partial charge < -0.3 is 9.73 Å². The lowest BCUT2D eigenvalue weighted by Gasteiger charge is -2.31. The predicted octanol–water partition coefficient (Wildman–Crippen LogP) is 1.85. The van der Waals surface area contributed by atoms with Crippen LogP contribution in [-0.2, 0) is 28.4 Å². The molecule has 2 heterocycles. The number of hydrogen-bond donors (Lipinski definition) is 1. The minimum absolute atomic E-state index is 0.0506. The molecule has 0 unspecified atom stereocenters. The molecule has 1 aliphatic rings. The number of oxazole rings is 1. The van der Waals surface area contributed by atoms with Gasteiger partial charge in [0.05, 0.1) is 16.3 Å². The molecule has 0 saturated carbocycles. The van der Waals surface area contributed by atoms with Crippen LogP contribution in [0, 0.1) is 5.92 Å². The van der Waals surface area contributed by atoms with Gasteiger partial charge in [0.25, 0.3) is 0 Å². The molecular formula is C21H23N3O5S. The SMILES string of the molecule is Cn1c(=O)oc2cc(S(=O)(=O)N3CCC[C@H](C(=O)NCc4ccccc4)C3)ccc21. The third-order valence-corrected chi connectivity index (χ3v) is 7.33. The van der Waals surface area contributed by atoms with E-state index in [1.807, 2.05) is 30.3 Å². The van der Waals surface area contributed by atoms with Crippen LogP contribution in [-0.4, -0.2) is 36.3 Å². The smallest absolute Gasteiger partial charge is 0.408 e. The van der Waals surface area contributed by atoms with E-state index < -0.39 is 21.7 Å². The van der Waals surface area contributed by atoms with Gasteiger partial charge in [0.1, 0.15) is 0 Å². The molecule has 1 aliphatic heterocycles. The summed E-state index contributed by atoms with van der Waals surface area (Å²) in [4.78, 5) is 24.3. The molecule has 0 bridgehead atoms. The summed E-state index contributed by atoms with van der Waals surface area (Å²) in [5.74, 6) is -1.11. The lowest BCUT2D eigenvalue weighted by molar-refractivity contribution is -0.126. The third-order valence-electron chi connectivity index (χ3n) is 5.47. The number of nitrogens with zero attached hydrogens (tertiary/aromatic N) is 2. The zero-order valence-corrected chi connectivity index (χ0v) is 17.4. The van der Waals surface area contributed by atoms with Gasteiger partial charge in [0.15, 0.2) is 5.58 Å². The van der Waals surface area contributed by atoms with E-state index in [4.69, 9.17) is 4.42 Å². The fraction of sp³-hybridized carbons (Fsp3) is 0.333. The number of carbonyl (C=O) groups is 1. The summed E-state index contributed by atoms with van der Waals surface area (Å²) in [7, 11) is -2.25. The highest BCUT2D eigenvalue weighted by Crippen LogP contribution is 2.26. The van der Waals surface area contributed by atoms with Gasteiger partial charge in [-0.1, -0.05) is 30.3 Å². The first-order chi connectivity index (χ1) is 14.4. The monoisotopic (exact) mass is 429 g/mol. The Hall–Kier alpha value is -2.91. The van der Waals surface area contributed by atoms with Crippen LogP contribution in [0.15, 0.2) is 62.6 Å². The van der Waals surface area contributed by atoms with E-state index in [9.17, 15) is 18.0 Å². The summed E-state index contributed by atoms with van der Waals surface area (Å²) in [5.41, 5.74) is 1.73. The van der Waals surface area contributed by atoms with Gasteiger partial charge in [0, 0.05) is 32.7 Å². The Kier molecular flexibility index (Phi) is 5.48. The van der Waals surface area contributed by atoms with Crippen LogP contribution in [0.1, 0.15) is 18.4 Å². The maximum atomic E-state index is 13.1. The van der Waals surface area contributed by atoms with Gasteiger partial charge in [-0.25, -0.2) is 13.2 Å². The van der Waals surface area contributed by atoms with Crippen LogP contribution in [0.3, 0.4) is 0 Å².